The number of hydrogen-bond donors (Lipinski definition) is 0. The van der Waals surface area contributed by atoms with Crippen molar-refractivity contribution in [1.82, 2.24) is 0 Å². The fourth-order valence-corrected chi connectivity index (χ4v) is 37.5. The minimum absolute atomic E-state index is 0.727. The summed E-state index contributed by atoms with van der Waals surface area (Å²) in [5.74, 6) is 0. The summed E-state index contributed by atoms with van der Waals surface area (Å²) in [5.41, 5.74) is 0. The topological polar surface area (TPSA) is 0 Å². The van der Waals surface area contributed by atoms with E-state index in [1.807, 2.05) is 0 Å². The van der Waals surface area contributed by atoms with Crippen molar-refractivity contribution in [2.75, 3.05) is 0 Å². The molecule has 0 aromatic heterocycles. The van der Waals surface area contributed by atoms with Crippen molar-refractivity contribution in [3.05, 3.63) is 0 Å². The molecular weight excluding hydrogens is 431 g/mol. The van der Waals surface area contributed by atoms with Gasteiger partial charge in [-0.3, -0.25) is 0 Å². The van der Waals surface area contributed by atoms with Gasteiger partial charge in [0.15, 0.2) is 0 Å². The summed E-state index contributed by atoms with van der Waals surface area (Å²) in [4.78, 5) is 0. The van der Waals surface area contributed by atoms with Crippen LogP contribution in [0.15, 0.2) is 0 Å². The molecule has 1 fully saturated rings. The molecule has 1 rings (SSSR count). The van der Waals surface area contributed by atoms with Gasteiger partial charge in [0.05, 0.1) is 0 Å². The second-order valence-electron chi connectivity index (χ2n) is 1.42. The van der Waals surface area contributed by atoms with Crippen LogP contribution in [0.25, 0.3) is 0 Å². The van der Waals surface area contributed by atoms with Crippen molar-refractivity contribution in [2.45, 2.75) is 21.8 Å². The van der Waals surface area contributed by atoms with Gasteiger partial charge in [-0.15, -0.1) is 0 Å². The van der Waals surface area contributed by atoms with Gasteiger partial charge in [-0.25, -0.2) is 0 Å². The van der Waals surface area contributed by atoms with E-state index in [4.69, 9.17) is 0 Å². The van der Waals surface area contributed by atoms with Crippen molar-refractivity contribution < 1.29 is 0 Å². The van der Waals surface area contributed by atoms with E-state index in [1.54, 1.807) is 21.8 Å². The van der Waals surface area contributed by atoms with Crippen LogP contribution in [-0.2, 0) is 0 Å². The predicted octanol–water partition coefficient (Wildman–Crippen LogP) is 0.559. The first kappa shape index (κ1) is 7.48. The first-order chi connectivity index (χ1) is 3.50. The molecule has 0 spiro atoms. The Kier molecular flexibility index (Phi) is 5.53. The maximum absolute atomic E-state index is 1.72. The molecule has 1 aliphatic rings. The molecule has 0 aliphatic carbocycles. The second kappa shape index (κ2) is 5.18. The molecule has 0 bridgehead atoms. The average Bonchev–Trinajstić information content (AvgIpc) is 1.90. The number of hydrogen-bond acceptors (Lipinski definition) is 0. The van der Waals surface area contributed by atoms with Crippen LogP contribution in [0.3, 0.4) is 0 Å². The van der Waals surface area contributed by atoms with Gasteiger partial charge < -0.3 is 0 Å². The van der Waals surface area contributed by atoms with Crippen LogP contribution < -0.4 is 0 Å². The van der Waals surface area contributed by atoms with Crippen molar-refractivity contribution in [1.29, 1.82) is 0 Å². The van der Waals surface area contributed by atoms with E-state index >= 15 is 0 Å². The van der Waals surface area contributed by atoms with Crippen molar-refractivity contribution in [2.24, 2.45) is 0 Å². The first-order valence-corrected chi connectivity index (χ1v) is 20.4. The SMILES string of the molecule is C1CC[Te][Te][Te]C1. The summed E-state index contributed by atoms with van der Waals surface area (Å²) in [6, 6.07) is 0. The fraction of sp³-hybridized carbons (Fsp3) is 1.00. The molecule has 1 saturated heterocycles. The Morgan fingerprint density at radius 1 is 0.857 bits per heavy atom. The Morgan fingerprint density at radius 2 is 1.43 bits per heavy atom. The van der Waals surface area contributed by atoms with Crippen LogP contribution in [0.5, 0.6) is 0 Å². The molecule has 0 aromatic carbocycles. The summed E-state index contributed by atoms with van der Waals surface area (Å²) in [5, 5.41) is 0. The van der Waals surface area contributed by atoms with Crippen LogP contribution in [0, 0.1) is 0 Å². The molecule has 0 atom stereocenters. The molecule has 1 aliphatic heterocycles. The Bertz CT molecular complexity index is 26.5. The Balaban J connectivity index is 2.04. The average molecular weight is 439 g/mol. The monoisotopic (exact) mass is 446 g/mol. The third kappa shape index (κ3) is 3.87. The van der Waals surface area contributed by atoms with E-state index in [2.05, 4.69) is 0 Å². The van der Waals surface area contributed by atoms with Gasteiger partial charge in [0, 0.05) is 0 Å². The molecular formula is C4H8Te3. The molecule has 42 valence electrons. The van der Waals surface area contributed by atoms with Gasteiger partial charge in [-0.1, -0.05) is 0 Å². The summed E-state index contributed by atoms with van der Waals surface area (Å²) >= 11 is 2.25. The van der Waals surface area contributed by atoms with Gasteiger partial charge >= 0.3 is 69.1 Å². The van der Waals surface area contributed by atoms with Gasteiger partial charge in [0.1, 0.15) is 0 Å². The van der Waals surface area contributed by atoms with Crippen LogP contribution in [0.2, 0.25) is 8.94 Å². The number of rotatable bonds is 0. The molecule has 0 unspecified atom stereocenters. The van der Waals surface area contributed by atoms with E-state index in [-0.39, 0.29) is 0 Å². The van der Waals surface area contributed by atoms with E-state index in [0.717, 1.165) is 47.3 Å². The molecule has 0 N–H and O–H groups in total. The normalized spacial score (nSPS) is 24.0. The third-order valence-corrected chi connectivity index (χ3v) is 38.7. The Hall–Kier alpha value is 2.37. The predicted molar refractivity (Wildman–Crippen MR) is 36.1 cm³/mol. The van der Waals surface area contributed by atoms with Gasteiger partial charge in [-0.05, 0) is 0 Å². The van der Waals surface area contributed by atoms with E-state index in [0.29, 0.717) is 0 Å². The Labute approximate surface area is 67.8 Å². The van der Waals surface area contributed by atoms with Crippen LogP contribution in [0.4, 0.5) is 0 Å². The molecule has 0 radical (unpaired) electrons. The zero-order valence-electron chi connectivity index (χ0n) is 4.05. The first-order valence-electron chi connectivity index (χ1n) is 2.41. The standard InChI is InChI=1S/C4H8Te3/c1-2-4-6-7-5-3-1/h1-4H2. The van der Waals surface area contributed by atoms with Crippen LogP contribution in [0.1, 0.15) is 12.8 Å². The van der Waals surface area contributed by atoms with E-state index in [9.17, 15) is 0 Å². The van der Waals surface area contributed by atoms with E-state index in [1.165, 1.54) is 0 Å². The summed E-state index contributed by atoms with van der Waals surface area (Å²) in [7, 11) is 0. The molecule has 0 nitrogen and oxygen atoms in total. The fourth-order valence-electron chi connectivity index (χ4n) is 0.424. The van der Waals surface area contributed by atoms with Gasteiger partial charge in [-0.2, -0.15) is 0 Å². The molecule has 3 heteroatoms. The Morgan fingerprint density at radius 3 is 2.00 bits per heavy atom. The molecule has 0 aromatic rings. The van der Waals surface area contributed by atoms with Crippen molar-refractivity contribution in [3.63, 3.8) is 0 Å². The van der Waals surface area contributed by atoms with Gasteiger partial charge in [0.25, 0.3) is 0 Å². The second-order valence-corrected chi connectivity index (χ2v) is 34.6. The zero-order valence-corrected chi connectivity index (χ0v) is 11.0. The third-order valence-electron chi connectivity index (χ3n) is 0.802. The summed E-state index contributed by atoms with van der Waals surface area (Å²) < 4.78 is 3.44. The molecule has 7 heavy (non-hydrogen) atoms. The summed E-state index contributed by atoms with van der Waals surface area (Å²) in [6.45, 7) is 0. The van der Waals surface area contributed by atoms with Crippen LogP contribution in [-0.4, -0.2) is 47.3 Å². The van der Waals surface area contributed by atoms with Gasteiger partial charge in [0.2, 0.25) is 0 Å². The van der Waals surface area contributed by atoms with E-state index < -0.39 is 0 Å². The van der Waals surface area contributed by atoms with Crippen molar-refractivity contribution >= 4 is 47.3 Å². The molecule has 0 saturated carbocycles. The zero-order chi connectivity index (χ0) is 4.95. The summed E-state index contributed by atoms with van der Waals surface area (Å²) in [6.07, 6.45) is 3.25. The van der Waals surface area contributed by atoms with Crippen molar-refractivity contribution in [3.8, 4) is 0 Å². The maximum atomic E-state index is 1.72. The van der Waals surface area contributed by atoms with Crippen LogP contribution >= 0.6 is 0 Å². The quantitative estimate of drug-likeness (QED) is 0.485. The molecule has 0 amide bonds. The minimum atomic E-state index is 0.727. The molecule has 1 heterocycles.